The van der Waals surface area contributed by atoms with Gasteiger partial charge in [0.25, 0.3) is 22.9 Å². The number of aromatic amines is 2. The zero-order chi connectivity index (χ0) is 48.1. The molecule has 66 heavy (non-hydrogen) atoms. The quantitative estimate of drug-likeness (QED) is 0.0452. The van der Waals surface area contributed by atoms with Gasteiger partial charge in [-0.3, -0.25) is 43.5 Å². The SMILES string of the molecule is Nc1nc2c(c(=O)[nH]1)N(C=O)C(CNc1ccc(C(=O)N[C@@H](CCC(=O)O)C(=O)O)cc1)CN2.Nc1nc2ncc(CNc3ccc(C(=O)N[C@@H](CCC(=O)O)C(=O)O)cc3)nc2c(=O)[nH]1. The van der Waals surface area contributed by atoms with Crippen molar-refractivity contribution in [3.05, 3.63) is 92.3 Å². The van der Waals surface area contributed by atoms with Crippen molar-refractivity contribution in [3.63, 3.8) is 0 Å². The normalized spacial score (nSPS) is 13.6. The van der Waals surface area contributed by atoms with Crippen molar-refractivity contribution >= 4 is 88.0 Å². The minimum absolute atomic E-state index is 0.0524. The number of amides is 3. The van der Waals surface area contributed by atoms with E-state index in [9.17, 15) is 48.3 Å². The molecule has 0 bridgehead atoms. The number of benzene rings is 2. The Kier molecular flexibility index (Phi) is 15.8. The van der Waals surface area contributed by atoms with E-state index < -0.39 is 71.4 Å². The van der Waals surface area contributed by atoms with Crippen LogP contribution in [0.25, 0.3) is 11.2 Å². The molecule has 4 heterocycles. The van der Waals surface area contributed by atoms with E-state index in [1.54, 1.807) is 24.3 Å². The highest BCUT2D eigenvalue weighted by Gasteiger charge is 2.30. The fraction of sp³-hybridized carbons (Fsp3) is 0.256. The summed E-state index contributed by atoms with van der Waals surface area (Å²) in [7, 11) is 0. The number of carboxylic acids is 4. The summed E-state index contributed by atoms with van der Waals surface area (Å²) in [6.07, 6.45) is 0.739. The van der Waals surface area contributed by atoms with Gasteiger partial charge in [0.2, 0.25) is 18.3 Å². The topological polar surface area (TPSA) is 433 Å². The number of hydrogen-bond acceptors (Lipinski definition) is 18. The summed E-state index contributed by atoms with van der Waals surface area (Å²) in [6, 6.07) is 9.23. The van der Waals surface area contributed by atoms with Gasteiger partial charge >= 0.3 is 23.9 Å². The minimum Gasteiger partial charge on any atom is -0.481 e. The molecule has 3 amide bonds. The molecule has 3 atom stereocenters. The molecular formula is C39H42N14O13. The molecule has 6 rings (SSSR count). The number of aromatic nitrogens is 6. The molecule has 0 radical (unpaired) electrons. The molecule has 3 aromatic heterocycles. The van der Waals surface area contributed by atoms with Gasteiger partial charge in [-0.15, -0.1) is 0 Å². The minimum atomic E-state index is -1.33. The highest BCUT2D eigenvalue weighted by molar-refractivity contribution is 5.97. The molecule has 346 valence electrons. The van der Waals surface area contributed by atoms with Gasteiger partial charge in [0.1, 0.15) is 12.1 Å². The van der Waals surface area contributed by atoms with Crippen molar-refractivity contribution in [1.82, 2.24) is 40.5 Å². The zero-order valence-corrected chi connectivity index (χ0v) is 34.3. The van der Waals surface area contributed by atoms with E-state index in [0.717, 1.165) is 0 Å². The number of rotatable bonds is 19. The van der Waals surface area contributed by atoms with E-state index in [-0.39, 0.29) is 78.0 Å². The molecule has 1 aliphatic rings. The Morgan fingerprint density at radius 2 is 1.26 bits per heavy atom. The van der Waals surface area contributed by atoms with E-state index in [2.05, 4.69) is 56.5 Å². The maximum absolute atomic E-state index is 12.3. The number of H-pyrrole nitrogens is 2. The van der Waals surface area contributed by atoms with Gasteiger partial charge in [-0.25, -0.2) is 19.6 Å². The Balaban J connectivity index is 0.000000248. The van der Waals surface area contributed by atoms with Crippen molar-refractivity contribution in [2.45, 2.75) is 50.4 Å². The van der Waals surface area contributed by atoms with Crippen molar-refractivity contribution in [2.75, 3.05) is 45.4 Å². The summed E-state index contributed by atoms with van der Waals surface area (Å²) in [5.74, 6) is -6.16. The number of aliphatic carboxylic acids is 4. The van der Waals surface area contributed by atoms with Crippen LogP contribution in [0.1, 0.15) is 52.1 Å². The summed E-state index contributed by atoms with van der Waals surface area (Å²) in [5.41, 5.74) is 12.3. The predicted octanol–water partition coefficient (Wildman–Crippen LogP) is -0.776. The first kappa shape index (κ1) is 47.9. The van der Waals surface area contributed by atoms with Crippen LogP contribution in [0.3, 0.4) is 0 Å². The number of carbonyl (C=O) groups excluding carboxylic acids is 3. The summed E-state index contributed by atoms with van der Waals surface area (Å²) < 4.78 is 0. The van der Waals surface area contributed by atoms with Crippen LogP contribution in [0.4, 0.5) is 34.8 Å². The second kappa shape index (κ2) is 21.8. The number of carboxylic acid groups (broad SMARTS) is 4. The molecule has 0 saturated carbocycles. The first-order chi connectivity index (χ1) is 31.4. The van der Waals surface area contributed by atoms with Crippen LogP contribution in [-0.4, -0.2) is 124 Å². The highest BCUT2D eigenvalue weighted by Crippen LogP contribution is 2.25. The number of carbonyl (C=O) groups is 7. The summed E-state index contributed by atoms with van der Waals surface area (Å²) in [4.78, 5) is 126. The first-order valence-electron chi connectivity index (χ1n) is 19.5. The lowest BCUT2D eigenvalue weighted by Crippen LogP contribution is -2.50. The zero-order valence-electron chi connectivity index (χ0n) is 34.3. The Morgan fingerprint density at radius 3 is 1.77 bits per heavy atom. The maximum atomic E-state index is 12.3. The smallest absolute Gasteiger partial charge is 0.326 e. The Hall–Kier alpha value is -9.17. The van der Waals surface area contributed by atoms with Crippen LogP contribution in [0, 0.1) is 0 Å². The van der Waals surface area contributed by atoms with E-state index in [1.165, 1.54) is 35.4 Å². The van der Waals surface area contributed by atoms with E-state index in [0.29, 0.717) is 30.0 Å². The largest absolute Gasteiger partial charge is 0.481 e. The van der Waals surface area contributed by atoms with Crippen molar-refractivity contribution in [3.8, 4) is 0 Å². The second-order valence-electron chi connectivity index (χ2n) is 14.2. The summed E-state index contributed by atoms with van der Waals surface area (Å²) >= 11 is 0. The first-order valence-corrected chi connectivity index (χ1v) is 19.5. The molecule has 27 heteroatoms. The summed E-state index contributed by atoms with van der Waals surface area (Å²) in [5, 5.41) is 49.5. The van der Waals surface area contributed by atoms with Gasteiger partial charge in [0, 0.05) is 48.4 Å². The Labute approximate surface area is 370 Å². The molecule has 15 N–H and O–H groups in total. The standard InChI is InChI=1S/C20H23N7O7.C19H19N7O6/c21-20-25-16-15(18(32)26-20)27(9-28)12(8-23-16)7-22-11-3-1-10(2-4-11)17(31)24-13(19(33)34)5-6-14(29)30;20-19-25-15-14(17(30)26-19)23-11(8-22-15)7-21-10-3-1-9(2-4-10)16(29)24-12(18(31)32)5-6-13(27)28/h1-4,9,12-13,22H,5-8H2,(H,24,31)(H,29,30)(H,33,34)(H4,21,23,25,26,32);1-4,8,12,21H,5-7H2,(H,24,29)(H,27,28)(H,31,32)(H3,20,22,25,26,30)/t12?,13-;12-/m00/s1. The molecule has 0 fully saturated rings. The molecule has 0 saturated heterocycles. The van der Waals surface area contributed by atoms with Gasteiger partial charge < -0.3 is 63.4 Å². The monoisotopic (exact) mass is 914 g/mol. The van der Waals surface area contributed by atoms with Crippen molar-refractivity contribution in [1.29, 1.82) is 0 Å². The molecule has 27 nitrogen and oxygen atoms in total. The third-order valence-electron chi connectivity index (χ3n) is 9.48. The number of nitrogens with two attached hydrogens (primary N) is 2. The number of nitrogens with one attached hydrogen (secondary N) is 7. The van der Waals surface area contributed by atoms with Crippen molar-refractivity contribution in [2.24, 2.45) is 0 Å². The van der Waals surface area contributed by atoms with Crippen LogP contribution in [-0.2, 0) is 30.5 Å². The fourth-order valence-electron chi connectivity index (χ4n) is 6.15. The molecule has 5 aromatic rings. The number of nitrogen functional groups attached to an aromatic ring is 2. The fourth-order valence-corrected chi connectivity index (χ4v) is 6.15. The average Bonchev–Trinajstić information content (AvgIpc) is 3.27. The number of fused-ring (bicyclic) bond motifs is 2. The van der Waals surface area contributed by atoms with Crippen molar-refractivity contribution < 1.29 is 54.0 Å². The predicted molar refractivity (Wildman–Crippen MR) is 233 cm³/mol. The second-order valence-corrected chi connectivity index (χ2v) is 14.2. The van der Waals surface area contributed by atoms with E-state index >= 15 is 0 Å². The van der Waals surface area contributed by atoms with Crippen LogP contribution >= 0.6 is 0 Å². The maximum Gasteiger partial charge on any atom is 0.326 e. The molecular weight excluding hydrogens is 873 g/mol. The average molecular weight is 915 g/mol. The molecule has 1 aliphatic heterocycles. The van der Waals surface area contributed by atoms with Gasteiger partial charge in [-0.1, -0.05) is 0 Å². The van der Waals surface area contributed by atoms with E-state index in [4.69, 9.17) is 26.8 Å². The number of nitrogens with zero attached hydrogens (tertiary/aromatic N) is 5. The van der Waals surface area contributed by atoms with Gasteiger partial charge in [0.05, 0.1) is 24.5 Å². The Morgan fingerprint density at radius 1 is 0.742 bits per heavy atom. The lowest BCUT2D eigenvalue weighted by Gasteiger charge is -2.34. The van der Waals surface area contributed by atoms with Gasteiger partial charge in [-0.2, -0.15) is 9.97 Å². The van der Waals surface area contributed by atoms with Gasteiger partial charge in [0.15, 0.2) is 22.7 Å². The molecule has 0 aliphatic carbocycles. The molecule has 2 aromatic carbocycles. The Bertz CT molecular complexity index is 2750. The number of hydrogen-bond donors (Lipinski definition) is 13. The van der Waals surface area contributed by atoms with Crippen LogP contribution in [0.2, 0.25) is 0 Å². The van der Waals surface area contributed by atoms with Crippen LogP contribution < -0.4 is 54.1 Å². The van der Waals surface area contributed by atoms with Gasteiger partial charge in [-0.05, 0) is 61.4 Å². The third kappa shape index (κ3) is 12.9. The highest BCUT2D eigenvalue weighted by atomic mass is 16.4. The molecule has 1 unspecified atom stereocenters. The number of anilines is 6. The lowest BCUT2D eigenvalue weighted by molar-refractivity contribution is -0.142. The summed E-state index contributed by atoms with van der Waals surface area (Å²) in [6.45, 7) is 0.799. The third-order valence-corrected chi connectivity index (χ3v) is 9.48. The lowest BCUT2D eigenvalue weighted by atomic mass is 10.1. The van der Waals surface area contributed by atoms with Crippen LogP contribution in [0.5, 0.6) is 0 Å². The van der Waals surface area contributed by atoms with E-state index in [1.807, 2.05) is 0 Å². The molecule has 0 spiro atoms. The van der Waals surface area contributed by atoms with Crippen LogP contribution in [0.15, 0.2) is 64.3 Å².